The third-order valence-corrected chi connectivity index (χ3v) is 3.94. The van der Waals surface area contributed by atoms with Crippen molar-refractivity contribution < 1.29 is 4.74 Å². The van der Waals surface area contributed by atoms with E-state index in [-0.39, 0.29) is 0 Å². The average Bonchev–Trinajstić information content (AvgIpc) is 2.85. The topological polar surface area (TPSA) is 39.1 Å². The zero-order valence-corrected chi connectivity index (χ0v) is 10.6. The maximum Gasteiger partial charge on any atom is 0.0553 e. The molecular formula is C13H21N3O. The van der Waals surface area contributed by atoms with Crippen LogP contribution in [0.5, 0.6) is 0 Å². The molecule has 2 saturated heterocycles. The Bertz CT molecular complexity index is 393. The second-order valence-corrected chi connectivity index (χ2v) is 5.87. The molecule has 2 aliphatic heterocycles. The summed E-state index contributed by atoms with van der Waals surface area (Å²) in [6.07, 6.45) is 5.39. The van der Waals surface area contributed by atoms with Gasteiger partial charge < -0.3 is 10.1 Å². The van der Waals surface area contributed by atoms with Crippen molar-refractivity contribution in [2.75, 3.05) is 19.8 Å². The Labute approximate surface area is 102 Å². The number of rotatable bonds is 3. The number of ether oxygens (including phenoxy) is 1. The van der Waals surface area contributed by atoms with Crippen molar-refractivity contribution in [2.45, 2.75) is 32.9 Å². The lowest BCUT2D eigenvalue weighted by atomic mass is 9.71. The number of nitrogens with zero attached hydrogens (tertiary/aromatic N) is 2. The van der Waals surface area contributed by atoms with Gasteiger partial charge >= 0.3 is 0 Å². The van der Waals surface area contributed by atoms with Crippen molar-refractivity contribution in [1.29, 1.82) is 0 Å². The molecular weight excluding hydrogens is 214 g/mol. The maximum absolute atomic E-state index is 5.56. The second-order valence-electron chi connectivity index (χ2n) is 5.87. The summed E-state index contributed by atoms with van der Waals surface area (Å²) in [5, 5.41) is 7.98. The molecule has 3 rings (SSSR count). The van der Waals surface area contributed by atoms with Crippen LogP contribution in [-0.4, -0.2) is 29.5 Å². The minimum absolute atomic E-state index is 0.353. The highest BCUT2D eigenvalue weighted by molar-refractivity contribution is 5.21. The molecule has 2 fully saturated rings. The van der Waals surface area contributed by atoms with Crippen molar-refractivity contribution in [2.24, 2.45) is 11.3 Å². The molecule has 1 aromatic rings. The van der Waals surface area contributed by atoms with Gasteiger partial charge in [0.1, 0.15) is 0 Å². The smallest absolute Gasteiger partial charge is 0.0553 e. The molecule has 1 N–H and O–H groups in total. The normalized spacial score (nSPS) is 32.3. The molecule has 0 bridgehead atoms. The molecule has 4 heteroatoms. The number of hydrogen-bond acceptors (Lipinski definition) is 3. The molecule has 1 aromatic heterocycles. The highest BCUT2D eigenvalue weighted by Crippen LogP contribution is 2.46. The molecule has 94 valence electrons. The molecule has 0 aromatic carbocycles. The monoisotopic (exact) mass is 235 g/mol. The van der Waals surface area contributed by atoms with Crippen LogP contribution in [-0.2, 0) is 11.3 Å². The molecule has 17 heavy (non-hydrogen) atoms. The molecule has 0 amide bonds. The first-order chi connectivity index (χ1) is 8.20. The molecule has 0 radical (unpaired) electrons. The van der Waals surface area contributed by atoms with E-state index in [0.29, 0.717) is 17.4 Å². The summed E-state index contributed by atoms with van der Waals surface area (Å²) < 4.78 is 7.62. The van der Waals surface area contributed by atoms with Crippen LogP contribution >= 0.6 is 0 Å². The summed E-state index contributed by atoms with van der Waals surface area (Å²) in [6.45, 7) is 8.34. The first-order valence-corrected chi connectivity index (χ1v) is 6.53. The van der Waals surface area contributed by atoms with Gasteiger partial charge in [0.15, 0.2) is 0 Å². The SMILES string of the molecule is CC(C)Cn1cc([C@@H]2NC[C@]23CCOC3)cn1. The third-order valence-electron chi connectivity index (χ3n) is 3.94. The van der Waals surface area contributed by atoms with Crippen LogP contribution in [0.15, 0.2) is 12.4 Å². The molecule has 2 aliphatic rings. The van der Waals surface area contributed by atoms with Gasteiger partial charge in [-0.3, -0.25) is 4.68 Å². The molecule has 2 atom stereocenters. The van der Waals surface area contributed by atoms with Crippen LogP contribution in [0.1, 0.15) is 31.9 Å². The van der Waals surface area contributed by atoms with E-state index < -0.39 is 0 Å². The van der Waals surface area contributed by atoms with Gasteiger partial charge in [-0.05, 0) is 12.3 Å². The van der Waals surface area contributed by atoms with Crippen molar-refractivity contribution in [1.82, 2.24) is 15.1 Å². The zero-order valence-electron chi connectivity index (χ0n) is 10.6. The summed E-state index contributed by atoms with van der Waals surface area (Å²) in [4.78, 5) is 0. The third kappa shape index (κ3) is 1.89. The first-order valence-electron chi connectivity index (χ1n) is 6.53. The fraction of sp³-hybridized carbons (Fsp3) is 0.769. The van der Waals surface area contributed by atoms with E-state index in [2.05, 4.69) is 35.1 Å². The first kappa shape index (κ1) is 11.2. The van der Waals surface area contributed by atoms with E-state index in [0.717, 1.165) is 26.3 Å². The second kappa shape index (κ2) is 4.10. The van der Waals surface area contributed by atoms with Gasteiger partial charge in [-0.2, -0.15) is 5.10 Å². The molecule has 1 spiro atoms. The molecule has 3 heterocycles. The highest BCUT2D eigenvalue weighted by atomic mass is 16.5. The van der Waals surface area contributed by atoms with Crippen LogP contribution in [0.3, 0.4) is 0 Å². The van der Waals surface area contributed by atoms with E-state index in [4.69, 9.17) is 4.74 Å². The van der Waals surface area contributed by atoms with Crippen LogP contribution in [0, 0.1) is 11.3 Å². The summed E-state index contributed by atoms with van der Waals surface area (Å²) in [5.41, 5.74) is 1.67. The number of nitrogens with one attached hydrogen (secondary N) is 1. The van der Waals surface area contributed by atoms with Gasteiger partial charge in [0.2, 0.25) is 0 Å². The minimum Gasteiger partial charge on any atom is -0.381 e. The van der Waals surface area contributed by atoms with E-state index >= 15 is 0 Å². The Morgan fingerprint density at radius 3 is 3.12 bits per heavy atom. The van der Waals surface area contributed by atoms with E-state index in [1.54, 1.807) is 0 Å². The zero-order chi connectivity index (χ0) is 11.9. The van der Waals surface area contributed by atoms with Gasteiger partial charge in [0.25, 0.3) is 0 Å². The lowest BCUT2D eigenvalue weighted by Gasteiger charge is -2.46. The van der Waals surface area contributed by atoms with Crippen molar-refractivity contribution in [3.63, 3.8) is 0 Å². The Hall–Kier alpha value is -0.870. The predicted octanol–water partition coefficient (Wildman–Crippen LogP) is 1.59. The molecule has 0 unspecified atom stereocenters. The van der Waals surface area contributed by atoms with Crippen molar-refractivity contribution >= 4 is 0 Å². The lowest BCUT2D eigenvalue weighted by molar-refractivity contribution is 0.0576. The quantitative estimate of drug-likeness (QED) is 0.864. The molecule has 0 saturated carbocycles. The summed E-state index contributed by atoms with van der Waals surface area (Å²) in [5.74, 6) is 0.640. The highest BCUT2D eigenvalue weighted by Gasteiger charge is 2.50. The lowest BCUT2D eigenvalue weighted by Crippen LogP contribution is -2.56. The van der Waals surface area contributed by atoms with Crippen molar-refractivity contribution in [3.8, 4) is 0 Å². The Kier molecular flexibility index (Phi) is 2.71. The summed E-state index contributed by atoms with van der Waals surface area (Å²) in [7, 11) is 0. The van der Waals surface area contributed by atoms with Gasteiger partial charge in [-0.15, -0.1) is 0 Å². The van der Waals surface area contributed by atoms with Crippen LogP contribution in [0.2, 0.25) is 0 Å². The standard InChI is InChI=1S/C13H21N3O/c1-10(2)6-16-7-11(5-15-16)12-13(8-14-12)3-4-17-9-13/h5,7,10,12,14H,3-4,6,8-9H2,1-2H3/t12-,13-/m0/s1. The minimum atomic E-state index is 0.353. The van der Waals surface area contributed by atoms with Crippen LogP contribution in [0.25, 0.3) is 0 Å². The van der Waals surface area contributed by atoms with E-state index in [9.17, 15) is 0 Å². The fourth-order valence-corrected chi connectivity index (χ4v) is 2.96. The Balaban J connectivity index is 1.74. The van der Waals surface area contributed by atoms with Gasteiger partial charge in [-0.25, -0.2) is 0 Å². The largest absolute Gasteiger partial charge is 0.381 e. The Morgan fingerprint density at radius 2 is 2.53 bits per heavy atom. The summed E-state index contributed by atoms with van der Waals surface area (Å²) >= 11 is 0. The van der Waals surface area contributed by atoms with Gasteiger partial charge in [-0.1, -0.05) is 13.8 Å². The molecule has 0 aliphatic carbocycles. The van der Waals surface area contributed by atoms with Gasteiger partial charge in [0, 0.05) is 42.9 Å². The van der Waals surface area contributed by atoms with Gasteiger partial charge in [0.05, 0.1) is 12.8 Å². The summed E-state index contributed by atoms with van der Waals surface area (Å²) in [6, 6.07) is 0.450. The predicted molar refractivity (Wildman–Crippen MR) is 65.7 cm³/mol. The number of hydrogen-bond donors (Lipinski definition) is 1. The van der Waals surface area contributed by atoms with E-state index in [1.807, 2.05) is 6.20 Å². The van der Waals surface area contributed by atoms with E-state index in [1.165, 1.54) is 12.0 Å². The molecule has 4 nitrogen and oxygen atoms in total. The number of aromatic nitrogens is 2. The fourth-order valence-electron chi connectivity index (χ4n) is 2.96. The Morgan fingerprint density at radius 1 is 1.65 bits per heavy atom. The van der Waals surface area contributed by atoms with Crippen molar-refractivity contribution in [3.05, 3.63) is 18.0 Å². The van der Waals surface area contributed by atoms with Crippen LogP contribution < -0.4 is 5.32 Å². The maximum atomic E-state index is 5.56. The average molecular weight is 235 g/mol. The van der Waals surface area contributed by atoms with Crippen LogP contribution in [0.4, 0.5) is 0 Å².